The molecule has 0 spiro atoms. The Balaban J connectivity index is 2.22. The van der Waals surface area contributed by atoms with Crippen LogP contribution in [0.2, 0.25) is 0 Å². The zero-order valence-electron chi connectivity index (χ0n) is 4.92. The third-order valence-corrected chi connectivity index (χ3v) is 1.12. The molecule has 0 aliphatic carbocycles. The SMILES string of the molecule is [O]CCC1NC(=O)CO1. The number of carbonyl (C=O) groups excluding carboxylic acids is 1. The molecule has 4 heteroatoms. The molecule has 0 aromatic carbocycles. The topological polar surface area (TPSA) is 58.2 Å². The molecule has 0 bridgehead atoms. The van der Waals surface area contributed by atoms with Gasteiger partial charge in [0.15, 0.2) is 0 Å². The lowest BCUT2D eigenvalue weighted by Crippen LogP contribution is -2.26. The van der Waals surface area contributed by atoms with Gasteiger partial charge in [-0.15, -0.1) is 0 Å². The van der Waals surface area contributed by atoms with Crippen molar-refractivity contribution in [3.8, 4) is 0 Å². The molecule has 1 aliphatic rings. The summed E-state index contributed by atoms with van der Waals surface area (Å²) in [6.07, 6.45) is 0.0427. The van der Waals surface area contributed by atoms with E-state index in [-0.39, 0.29) is 25.3 Å². The fourth-order valence-corrected chi connectivity index (χ4v) is 0.702. The summed E-state index contributed by atoms with van der Waals surface area (Å²) in [5.41, 5.74) is 0. The van der Waals surface area contributed by atoms with Gasteiger partial charge in [0.2, 0.25) is 5.91 Å². The summed E-state index contributed by atoms with van der Waals surface area (Å²) in [6.45, 7) is -0.102. The van der Waals surface area contributed by atoms with E-state index < -0.39 is 0 Å². The van der Waals surface area contributed by atoms with Crippen LogP contribution in [0.5, 0.6) is 0 Å². The Bertz CT molecular complexity index is 115. The lowest BCUT2D eigenvalue weighted by molar-refractivity contribution is -0.119. The van der Waals surface area contributed by atoms with Gasteiger partial charge in [-0.05, 0) is 0 Å². The van der Waals surface area contributed by atoms with Crippen molar-refractivity contribution < 1.29 is 14.6 Å². The molecule has 1 unspecified atom stereocenters. The molecular formula is C5H8NO3. The van der Waals surface area contributed by atoms with Gasteiger partial charge in [-0.25, -0.2) is 5.11 Å². The van der Waals surface area contributed by atoms with E-state index in [4.69, 9.17) is 4.74 Å². The maximum absolute atomic E-state index is 10.4. The molecule has 1 rings (SSSR count). The molecule has 1 fully saturated rings. The van der Waals surface area contributed by atoms with E-state index in [1.54, 1.807) is 0 Å². The zero-order chi connectivity index (χ0) is 6.69. The summed E-state index contributed by atoms with van der Waals surface area (Å²) in [5, 5.41) is 12.5. The Morgan fingerprint density at radius 3 is 3.00 bits per heavy atom. The van der Waals surface area contributed by atoms with Crippen LogP contribution in [-0.2, 0) is 14.6 Å². The molecule has 9 heavy (non-hydrogen) atoms. The molecule has 0 aromatic heterocycles. The first-order valence-corrected chi connectivity index (χ1v) is 2.82. The number of nitrogens with one attached hydrogen (secondary N) is 1. The van der Waals surface area contributed by atoms with E-state index in [0.29, 0.717) is 6.42 Å². The van der Waals surface area contributed by atoms with E-state index in [2.05, 4.69) is 5.32 Å². The van der Waals surface area contributed by atoms with Gasteiger partial charge >= 0.3 is 0 Å². The standard InChI is InChI=1S/C5H8NO3/c7-2-1-5-6-4(8)3-9-5/h5H,1-3H2,(H,6,8). The zero-order valence-corrected chi connectivity index (χ0v) is 4.92. The Hall–Kier alpha value is -0.610. The summed E-state index contributed by atoms with van der Waals surface area (Å²) < 4.78 is 4.84. The van der Waals surface area contributed by atoms with Gasteiger partial charge in [0, 0.05) is 6.42 Å². The van der Waals surface area contributed by atoms with Crippen LogP contribution >= 0.6 is 0 Å². The Labute approximate surface area is 52.8 Å². The number of hydrogen-bond donors (Lipinski definition) is 1. The lowest BCUT2D eigenvalue weighted by atomic mass is 10.4. The maximum Gasteiger partial charge on any atom is 0.248 e. The van der Waals surface area contributed by atoms with Crippen LogP contribution in [-0.4, -0.2) is 25.3 Å². The van der Waals surface area contributed by atoms with Gasteiger partial charge in [0.25, 0.3) is 0 Å². The minimum absolute atomic E-state index is 0.102. The van der Waals surface area contributed by atoms with E-state index in [1.807, 2.05) is 0 Å². The van der Waals surface area contributed by atoms with Crippen LogP contribution in [0.15, 0.2) is 0 Å². The summed E-state index contributed by atoms with van der Waals surface area (Å²) in [6, 6.07) is 0. The first-order valence-electron chi connectivity index (χ1n) is 2.82. The highest BCUT2D eigenvalue weighted by Crippen LogP contribution is 1.99. The molecule has 51 valence electrons. The third kappa shape index (κ3) is 1.65. The average molecular weight is 130 g/mol. The Morgan fingerprint density at radius 1 is 1.78 bits per heavy atom. The predicted molar refractivity (Wildman–Crippen MR) is 28.1 cm³/mol. The molecule has 1 heterocycles. The van der Waals surface area contributed by atoms with Gasteiger partial charge in [-0.2, -0.15) is 0 Å². The minimum atomic E-state index is -0.324. The highest BCUT2D eigenvalue weighted by molar-refractivity contribution is 5.78. The molecule has 1 amide bonds. The molecule has 1 N–H and O–H groups in total. The van der Waals surface area contributed by atoms with E-state index in [0.717, 1.165) is 0 Å². The molecule has 1 aliphatic heterocycles. The van der Waals surface area contributed by atoms with E-state index in [1.165, 1.54) is 0 Å². The van der Waals surface area contributed by atoms with Crippen molar-refractivity contribution in [3.63, 3.8) is 0 Å². The number of amides is 1. The van der Waals surface area contributed by atoms with Gasteiger partial charge in [0.1, 0.15) is 12.8 Å². The molecule has 0 saturated carbocycles. The average Bonchev–Trinajstić information content (AvgIpc) is 2.17. The minimum Gasteiger partial charge on any atom is -0.349 e. The van der Waals surface area contributed by atoms with Gasteiger partial charge in [0.05, 0.1) is 6.61 Å². The highest BCUT2D eigenvalue weighted by Gasteiger charge is 2.19. The van der Waals surface area contributed by atoms with Crippen LogP contribution < -0.4 is 5.32 Å². The lowest BCUT2D eigenvalue weighted by Gasteiger charge is -2.03. The molecular weight excluding hydrogens is 122 g/mol. The van der Waals surface area contributed by atoms with E-state index >= 15 is 0 Å². The predicted octanol–water partition coefficient (Wildman–Crippen LogP) is -0.721. The van der Waals surface area contributed by atoms with Crippen molar-refractivity contribution in [1.82, 2.24) is 5.32 Å². The first-order chi connectivity index (χ1) is 4.33. The largest absolute Gasteiger partial charge is 0.349 e. The number of carbonyl (C=O) groups is 1. The van der Waals surface area contributed by atoms with Crippen molar-refractivity contribution in [2.75, 3.05) is 13.2 Å². The summed E-state index contributed by atoms with van der Waals surface area (Å²) in [5.74, 6) is -0.131. The van der Waals surface area contributed by atoms with Crippen molar-refractivity contribution in [1.29, 1.82) is 0 Å². The first kappa shape index (κ1) is 6.51. The third-order valence-electron chi connectivity index (χ3n) is 1.12. The van der Waals surface area contributed by atoms with Crippen LogP contribution in [0.1, 0.15) is 6.42 Å². The second-order valence-corrected chi connectivity index (χ2v) is 1.86. The van der Waals surface area contributed by atoms with Crippen LogP contribution in [0.25, 0.3) is 0 Å². The van der Waals surface area contributed by atoms with Crippen LogP contribution in [0, 0.1) is 0 Å². The van der Waals surface area contributed by atoms with Gasteiger partial charge in [-0.3, -0.25) is 4.79 Å². The second-order valence-electron chi connectivity index (χ2n) is 1.86. The van der Waals surface area contributed by atoms with Crippen LogP contribution in [0.3, 0.4) is 0 Å². The van der Waals surface area contributed by atoms with Gasteiger partial charge < -0.3 is 10.1 Å². The monoisotopic (exact) mass is 130 g/mol. The molecule has 4 nitrogen and oxygen atoms in total. The van der Waals surface area contributed by atoms with Crippen molar-refractivity contribution >= 4 is 5.91 Å². The molecule has 1 saturated heterocycles. The number of ether oxygens (including phenoxy) is 1. The van der Waals surface area contributed by atoms with Crippen molar-refractivity contribution in [2.24, 2.45) is 0 Å². The Kier molecular flexibility index (Phi) is 2.02. The Morgan fingerprint density at radius 2 is 2.56 bits per heavy atom. The molecule has 1 radical (unpaired) electrons. The summed E-state index contributed by atoms with van der Waals surface area (Å²) in [4.78, 5) is 10.4. The smallest absolute Gasteiger partial charge is 0.248 e. The van der Waals surface area contributed by atoms with E-state index in [9.17, 15) is 9.90 Å². The second kappa shape index (κ2) is 2.80. The molecule has 1 atom stereocenters. The summed E-state index contributed by atoms with van der Waals surface area (Å²) in [7, 11) is 0. The molecule has 0 aromatic rings. The fourth-order valence-electron chi connectivity index (χ4n) is 0.702. The fraction of sp³-hybridized carbons (Fsp3) is 0.800. The summed E-state index contributed by atoms with van der Waals surface area (Å²) >= 11 is 0. The normalized spacial score (nSPS) is 26.3. The highest BCUT2D eigenvalue weighted by atomic mass is 16.5. The van der Waals surface area contributed by atoms with Crippen molar-refractivity contribution in [2.45, 2.75) is 12.6 Å². The number of hydrogen-bond acceptors (Lipinski definition) is 2. The quantitative estimate of drug-likeness (QED) is 0.536. The van der Waals surface area contributed by atoms with Crippen molar-refractivity contribution in [3.05, 3.63) is 0 Å². The van der Waals surface area contributed by atoms with Crippen LogP contribution in [0.4, 0.5) is 0 Å². The maximum atomic E-state index is 10.4. The van der Waals surface area contributed by atoms with Gasteiger partial charge in [-0.1, -0.05) is 0 Å². The number of rotatable bonds is 2.